The van der Waals surface area contributed by atoms with E-state index in [4.69, 9.17) is 0 Å². The molecular formula is C26H21F3N2O3. The minimum absolute atomic E-state index is 0.00829. The van der Waals surface area contributed by atoms with Crippen molar-refractivity contribution in [2.75, 3.05) is 0 Å². The fraction of sp³-hybridized carbons (Fsp3) is 0.192. The van der Waals surface area contributed by atoms with Crippen LogP contribution in [0.5, 0.6) is 0 Å². The first-order chi connectivity index (χ1) is 16.2. The van der Waals surface area contributed by atoms with Gasteiger partial charge in [0.15, 0.2) is 5.78 Å². The van der Waals surface area contributed by atoms with Crippen molar-refractivity contribution in [3.05, 3.63) is 116 Å². The summed E-state index contributed by atoms with van der Waals surface area (Å²) < 4.78 is 42.7. The molecule has 0 spiro atoms. The smallest absolute Gasteiger partial charge is 0.294 e. The maximum absolute atomic E-state index is 13.5. The Hall–Kier alpha value is -3.94. The predicted molar refractivity (Wildman–Crippen MR) is 123 cm³/mol. The third kappa shape index (κ3) is 4.44. The van der Waals surface area contributed by atoms with Crippen LogP contribution in [0.1, 0.15) is 40.4 Å². The van der Waals surface area contributed by atoms with E-state index in [2.05, 4.69) is 0 Å². The quantitative estimate of drug-likeness (QED) is 0.381. The van der Waals surface area contributed by atoms with Gasteiger partial charge in [-0.15, -0.1) is 0 Å². The van der Waals surface area contributed by atoms with E-state index in [1.807, 2.05) is 0 Å². The van der Waals surface area contributed by atoms with Crippen LogP contribution in [0.4, 0.5) is 13.2 Å². The van der Waals surface area contributed by atoms with Crippen LogP contribution < -0.4 is 11.2 Å². The van der Waals surface area contributed by atoms with Crippen molar-refractivity contribution in [2.45, 2.75) is 32.6 Å². The van der Waals surface area contributed by atoms with Gasteiger partial charge in [0.1, 0.15) is 0 Å². The molecule has 0 N–H and O–H groups in total. The standard InChI is InChI=1S/C26H21F3N2O3/c1-2-23(32)18-13-11-17(12-14-18)15-30-22-10-6-4-8-20(22)24(33)31(25(30)34)16-19-7-3-5-9-21(19)26(27,28)29/h3-14H,2,15-16H2,1H3. The van der Waals surface area contributed by atoms with Gasteiger partial charge in [0.05, 0.1) is 29.6 Å². The zero-order valence-corrected chi connectivity index (χ0v) is 18.3. The molecule has 4 aromatic rings. The second-order valence-corrected chi connectivity index (χ2v) is 7.91. The average Bonchev–Trinajstić information content (AvgIpc) is 2.84. The lowest BCUT2D eigenvalue weighted by atomic mass is 10.1. The molecule has 0 bridgehead atoms. The summed E-state index contributed by atoms with van der Waals surface area (Å²) in [5, 5.41) is 0.226. The molecule has 34 heavy (non-hydrogen) atoms. The zero-order valence-electron chi connectivity index (χ0n) is 18.3. The maximum Gasteiger partial charge on any atom is 0.416 e. The Morgan fingerprint density at radius 3 is 2.15 bits per heavy atom. The Morgan fingerprint density at radius 2 is 1.47 bits per heavy atom. The van der Waals surface area contributed by atoms with Crippen molar-refractivity contribution < 1.29 is 18.0 Å². The number of carbonyl (C=O) groups is 1. The maximum atomic E-state index is 13.5. The number of hydrogen-bond donors (Lipinski definition) is 0. The Kier molecular flexibility index (Phi) is 6.24. The fourth-order valence-corrected chi connectivity index (χ4v) is 3.95. The highest BCUT2D eigenvalue weighted by Gasteiger charge is 2.33. The van der Waals surface area contributed by atoms with Crippen molar-refractivity contribution in [2.24, 2.45) is 0 Å². The zero-order chi connectivity index (χ0) is 24.5. The molecule has 4 rings (SSSR count). The summed E-state index contributed by atoms with van der Waals surface area (Å²) in [5.74, 6) is -0.00829. The number of halogens is 3. The highest BCUT2D eigenvalue weighted by Crippen LogP contribution is 2.32. The minimum atomic E-state index is -4.62. The highest BCUT2D eigenvalue weighted by molar-refractivity contribution is 5.95. The first-order valence-electron chi connectivity index (χ1n) is 10.7. The van der Waals surface area contributed by atoms with Gasteiger partial charge in [0.25, 0.3) is 5.56 Å². The van der Waals surface area contributed by atoms with Gasteiger partial charge in [-0.3, -0.25) is 18.7 Å². The van der Waals surface area contributed by atoms with Crippen molar-refractivity contribution in [1.82, 2.24) is 9.13 Å². The second-order valence-electron chi connectivity index (χ2n) is 7.91. The van der Waals surface area contributed by atoms with Crippen LogP contribution in [0.2, 0.25) is 0 Å². The molecule has 0 atom stereocenters. The normalized spacial score (nSPS) is 11.6. The Labute approximate surface area is 192 Å². The number of benzene rings is 3. The lowest BCUT2D eigenvalue weighted by Gasteiger charge is -2.17. The van der Waals surface area contributed by atoms with E-state index in [1.165, 1.54) is 22.8 Å². The highest BCUT2D eigenvalue weighted by atomic mass is 19.4. The molecule has 5 nitrogen and oxygen atoms in total. The summed E-state index contributed by atoms with van der Waals surface area (Å²) in [6.45, 7) is 1.34. The Bertz CT molecular complexity index is 1480. The van der Waals surface area contributed by atoms with Crippen LogP contribution >= 0.6 is 0 Å². The van der Waals surface area contributed by atoms with Crippen molar-refractivity contribution in [3.63, 3.8) is 0 Å². The first-order valence-corrected chi connectivity index (χ1v) is 10.7. The van der Waals surface area contributed by atoms with Gasteiger partial charge in [-0.1, -0.05) is 61.5 Å². The molecule has 0 unspecified atom stereocenters. The topological polar surface area (TPSA) is 61.1 Å². The number of hydrogen-bond acceptors (Lipinski definition) is 3. The molecule has 174 valence electrons. The lowest BCUT2D eigenvalue weighted by molar-refractivity contribution is -0.138. The monoisotopic (exact) mass is 466 g/mol. The molecule has 0 saturated carbocycles. The molecule has 0 fully saturated rings. The van der Waals surface area contributed by atoms with E-state index < -0.39 is 29.5 Å². The number of para-hydroxylation sites is 1. The number of fused-ring (bicyclic) bond motifs is 1. The molecule has 8 heteroatoms. The molecule has 0 aliphatic heterocycles. The third-order valence-electron chi connectivity index (χ3n) is 5.72. The third-order valence-corrected chi connectivity index (χ3v) is 5.72. The molecule has 0 saturated heterocycles. The van der Waals surface area contributed by atoms with Crippen molar-refractivity contribution in [3.8, 4) is 0 Å². The predicted octanol–water partition coefficient (Wildman–Crippen LogP) is 4.87. The molecular weight excluding hydrogens is 445 g/mol. The molecule has 1 aromatic heterocycles. The molecule has 3 aromatic carbocycles. The number of alkyl halides is 3. The summed E-state index contributed by atoms with van der Waals surface area (Å²) in [4.78, 5) is 38.4. The van der Waals surface area contributed by atoms with E-state index in [9.17, 15) is 27.6 Å². The summed E-state index contributed by atoms with van der Waals surface area (Å²) >= 11 is 0. The van der Waals surface area contributed by atoms with Crippen LogP contribution in [0, 0.1) is 0 Å². The van der Waals surface area contributed by atoms with Crippen LogP contribution in [-0.4, -0.2) is 14.9 Å². The van der Waals surface area contributed by atoms with Gasteiger partial charge in [-0.25, -0.2) is 4.79 Å². The molecule has 0 aliphatic rings. The van der Waals surface area contributed by atoms with Gasteiger partial charge in [0.2, 0.25) is 0 Å². The van der Waals surface area contributed by atoms with Gasteiger partial charge in [-0.05, 0) is 29.3 Å². The van der Waals surface area contributed by atoms with Crippen molar-refractivity contribution in [1.29, 1.82) is 0 Å². The van der Waals surface area contributed by atoms with E-state index in [1.54, 1.807) is 55.5 Å². The summed E-state index contributed by atoms with van der Waals surface area (Å²) in [6, 6.07) is 18.2. The largest absolute Gasteiger partial charge is 0.416 e. The first kappa shape index (κ1) is 23.2. The number of rotatable bonds is 6. The van der Waals surface area contributed by atoms with Crippen LogP contribution in [0.25, 0.3) is 10.9 Å². The molecule has 0 amide bonds. The Balaban J connectivity index is 1.84. The van der Waals surface area contributed by atoms with Gasteiger partial charge in [-0.2, -0.15) is 13.2 Å². The number of aromatic nitrogens is 2. The van der Waals surface area contributed by atoms with Gasteiger partial charge in [0, 0.05) is 12.0 Å². The average molecular weight is 466 g/mol. The SMILES string of the molecule is CCC(=O)c1ccc(Cn2c(=O)n(Cc3ccccc3C(F)(F)F)c(=O)c3ccccc32)cc1. The summed E-state index contributed by atoms with van der Waals surface area (Å²) in [7, 11) is 0. The molecule has 0 aliphatic carbocycles. The van der Waals surface area contributed by atoms with Crippen LogP contribution in [-0.2, 0) is 19.3 Å². The van der Waals surface area contributed by atoms with E-state index >= 15 is 0 Å². The number of Topliss-reactive ketones (excluding diaryl/α,β-unsaturated/α-hetero) is 1. The Morgan fingerprint density at radius 1 is 0.824 bits per heavy atom. The molecule has 0 radical (unpaired) electrons. The van der Waals surface area contributed by atoms with E-state index in [0.29, 0.717) is 23.1 Å². The fourth-order valence-electron chi connectivity index (χ4n) is 3.95. The van der Waals surface area contributed by atoms with Gasteiger partial charge < -0.3 is 0 Å². The van der Waals surface area contributed by atoms with Gasteiger partial charge >= 0.3 is 11.9 Å². The second kappa shape index (κ2) is 9.13. The van der Waals surface area contributed by atoms with Crippen molar-refractivity contribution >= 4 is 16.7 Å². The van der Waals surface area contributed by atoms with Crippen LogP contribution in [0.3, 0.4) is 0 Å². The summed E-state index contributed by atoms with van der Waals surface area (Å²) in [6.07, 6.45) is -4.25. The van der Waals surface area contributed by atoms with E-state index in [-0.39, 0.29) is 23.3 Å². The van der Waals surface area contributed by atoms with E-state index in [0.717, 1.165) is 10.6 Å². The summed E-state index contributed by atoms with van der Waals surface area (Å²) in [5.41, 5.74) is -0.785. The minimum Gasteiger partial charge on any atom is -0.294 e. The lowest BCUT2D eigenvalue weighted by Crippen LogP contribution is -2.40. The number of carbonyl (C=O) groups excluding carboxylic acids is 1. The molecule has 1 heterocycles. The van der Waals surface area contributed by atoms with Crippen LogP contribution in [0.15, 0.2) is 82.4 Å². The number of ketones is 1. The number of nitrogens with zero attached hydrogens (tertiary/aromatic N) is 2.